The van der Waals surface area contributed by atoms with Gasteiger partial charge in [-0.15, -0.1) is 0 Å². The predicted octanol–water partition coefficient (Wildman–Crippen LogP) is 4.13. The van der Waals surface area contributed by atoms with Crippen LogP contribution >= 0.6 is 11.8 Å². The summed E-state index contributed by atoms with van der Waals surface area (Å²) >= 11 is 1.19. The Morgan fingerprint density at radius 3 is 2.30 bits per heavy atom. The van der Waals surface area contributed by atoms with Gasteiger partial charge in [-0.25, -0.2) is 4.68 Å². The molecule has 9 heteroatoms. The zero-order valence-electron chi connectivity index (χ0n) is 14.0. The van der Waals surface area contributed by atoms with Gasteiger partial charge in [-0.2, -0.15) is 13.2 Å². The maximum absolute atomic E-state index is 12.6. The number of benzene rings is 2. The molecule has 0 aliphatic heterocycles. The van der Waals surface area contributed by atoms with Crippen molar-refractivity contribution in [1.29, 1.82) is 0 Å². The number of aromatic nitrogens is 2. The summed E-state index contributed by atoms with van der Waals surface area (Å²) in [6.45, 7) is 1.76. The van der Waals surface area contributed by atoms with Crippen LogP contribution < -0.4 is 10.9 Å². The first-order valence-electron chi connectivity index (χ1n) is 7.79. The fourth-order valence-corrected chi connectivity index (χ4v) is 3.22. The lowest BCUT2D eigenvalue weighted by Gasteiger charge is -2.08. The van der Waals surface area contributed by atoms with Gasteiger partial charge in [-0.3, -0.25) is 14.7 Å². The van der Waals surface area contributed by atoms with Gasteiger partial charge in [0, 0.05) is 16.3 Å². The van der Waals surface area contributed by atoms with Gasteiger partial charge in [0.05, 0.1) is 10.6 Å². The highest BCUT2D eigenvalue weighted by molar-refractivity contribution is 7.99. The van der Waals surface area contributed by atoms with Crippen LogP contribution in [0.15, 0.2) is 69.2 Å². The van der Waals surface area contributed by atoms with Crippen molar-refractivity contribution in [3.05, 3.63) is 70.6 Å². The lowest BCUT2D eigenvalue weighted by Crippen LogP contribution is -2.29. The molecule has 0 bridgehead atoms. The maximum atomic E-state index is 12.6. The number of H-pyrrole nitrogens is 1. The molecule has 5 nitrogen and oxygen atoms in total. The molecule has 1 amide bonds. The summed E-state index contributed by atoms with van der Waals surface area (Å²) in [6, 6.07) is 14.8. The van der Waals surface area contributed by atoms with E-state index in [1.54, 1.807) is 24.4 Å². The zero-order valence-corrected chi connectivity index (χ0v) is 14.8. The minimum atomic E-state index is -4.95. The molecule has 0 aliphatic rings. The number of amides is 1. The van der Waals surface area contributed by atoms with Crippen molar-refractivity contribution in [2.24, 2.45) is 0 Å². The molecule has 3 rings (SSSR count). The summed E-state index contributed by atoms with van der Waals surface area (Å²) in [4.78, 5) is 24.7. The molecule has 0 atom stereocenters. The fraction of sp³-hybridized carbons (Fsp3) is 0.111. The Morgan fingerprint density at radius 2 is 1.70 bits per heavy atom. The van der Waals surface area contributed by atoms with E-state index in [0.717, 1.165) is 0 Å². The van der Waals surface area contributed by atoms with Crippen molar-refractivity contribution in [2.75, 3.05) is 5.32 Å². The van der Waals surface area contributed by atoms with Crippen LogP contribution in [0.2, 0.25) is 0 Å². The number of nitrogens with one attached hydrogen (secondary N) is 2. The highest BCUT2D eigenvalue weighted by atomic mass is 32.2. The Labute approximate surface area is 156 Å². The molecule has 0 unspecified atom stereocenters. The molecule has 0 saturated heterocycles. The maximum Gasteiger partial charge on any atom is 0.471 e. The van der Waals surface area contributed by atoms with Crippen molar-refractivity contribution < 1.29 is 18.0 Å². The van der Waals surface area contributed by atoms with Gasteiger partial charge in [-0.05, 0) is 43.3 Å². The second-order valence-corrected chi connectivity index (χ2v) is 6.70. The van der Waals surface area contributed by atoms with E-state index in [0.29, 0.717) is 21.2 Å². The number of para-hydroxylation sites is 1. The van der Waals surface area contributed by atoms with Gasteiger partial charge in [0.15, 0.2) is 0 Å². The number of nitrogens with zero attached hydrogens (tertiary/aromatic N) is 1. The minimum Gasteiger partial charge on any atom is -0.318 e. The van der Waals surface area contributed by atoms with E-state index in [9.17, 15) is 22.8 Å². The van der Waals surface area contributed by atoms with Crippen molar-refractivity contribution in [3.63, 3.8) is 0 Å². The van der Waals surface area contributed by atoms with Gasteiger partial charge >= 0.3 is 12.1 Å². The Bertz CT molecular complexity index is 1010. The SMILES string of the molecule is Cc1[nH]n(-c2ccccc2)c(=O)c1Sc1ccc(NC(=O)C(F)(F)F)cc1. The monoisotopic (exact) mass is 393 g/mol. The first-order chi connectivity index (χ1) is 12.8. The number of halogens is 3. The summed E-state index contributed by atoms with van der Waals surface area (Å²) < 4.78 is 38.3. The van der Waals surface area contributed by atoms with E-state index in [4.69, 9.17) is 0 Å². The third kappa shape index (κ3) is 4.25. The third-order valence-electron chi connectivity index (χ3n) is 3.62. The molecule has 2 N–H and O–H groups in total. The Balaban J connectivity index is 1.79. The van der Waals surface area contributed by atoms with Crippen molar-refractivity contribution in [1.82, 2.24) is 9.78 Å². The summed E-state index contributed by atoms with van der Waals surface area (Å²) in [5.74, 6) is -2.03. The van der Waals surface area contributed by atoms with Crippen LogP contribution in [0.25, 0.3) is 5.69 Å². The van der Waals surface area contributed by atoms with E-state index in [1.807, 2.05) is 18.2 Å². The summed E-state index contributed by atoms with van der Waals surface area (Å²) in [5, 5.41) is 4.78. The number of aromatic amines is 1. The van der Waals surface area contributed by atoms with E-state index >= 15 is 0 Å². The van der Waals surface area contributed by atoms with Crippen LogP contribution in [0.3, 0.4) is 0 Å². The zero-order chi connectivity index (χ0) is 19.6. The second-order valence-electron chi connectivity index (χ2n) is 5.62. The van der Waals surface area contributed by atoms with E-state index in [1.165, 1.54) is 40.7 Å². The lowest BCUT2D eigenvalue weighted by atomic mass is 10.3. The number of aryl methyl sites for hydroxylation is 1. The van der Waals surface area contributed by atoms with Crippen molar-refractivity contribution in [3.8, 4) is 5.69 Å². The number of anilines is 1. The fourth-order valence-electron chi connectivity index (χ4n) is 2.34. The standard InChI is InChI=1S/C18H14F3N3O2S/c1-11-15(16(25)24(23-11)13-5-3-2-4-6-13)27-14-9-7-12(8-10-14)22-17(26)18(19,20)21/h2-10,23H,1H3,(H,22,26). The normalized spacial score (nSPS) is 11.4. The number of rotatable bonds is 4. The first-order valence-corrected chi connectivity index (χ1v) is 8.60. The molecule has 0 fully saturated rings. The first kappa shape index (κ1) is 18.8. The van der Waals surface area contributed by atoms with Crippen molar-refractivity contribution in [2.45, 2.75) is 22.9 Å². The van der Waals surface area contributed by atoms with E-state index in [2.05, 4.69) is 5.10 Å². The number of hydrogen-bond donors (Lipinski definition) is 2. The van der Waals surface area contributed by atoms with Crippen LogP contribution in [0, 0.1) is 6.92 Å². The smallest absolute Gasteiger partial charge is 0.318 e. The van der Waals surface area contributed by atoms with Crippen LogP contribution in [0.4, 0.5) is 18.9 Å². The number of hydrogen-bond acceptors (Lipinski definition) is 3. The van der Waals surface area contributed by atoms with Gasteiger partial charge < -0.3 is 5.32 Å². The van der Waals surface area contributed by atoms with Gasteiger partial charge in [0.25, 0.3) is 5.56 Å². The molecule has 1 aromatic heterocycles. The Morgan fingerprint density at radius 1 is 1.07 bits per heavy atom. The summed E-state index contributed by atoms with van der Waals surface area (Å²) in [6.07, 6.45) is -4.95. The molecule has 0 spiro atoms. The largest absolute Gasteiger partial charge is 0.471 e. The molecule has 0 radical (unpaired) electrons. The van der Waals surface area contributed by atoms with E-state index in [-0.39, 0.29) is 11.2 Å². The van der Waals surface area contributed by atoms with Crippen molar-refractivity contribution >= 4 is 23.4 Å². The van der Waals surface area contributed by atoms with Gasteiger partial charge in [0.1, 0.15) is 0 Å². The summed E-state index contributed by atoms with van der Waals surface area (Å²) in [5.41, 5.74) is 1.17. The number of carbonyl (C=O) groups excluding carboxylic acids is 1. The molecule has 27 heavy (non-hydrogen) atoms. The Kier molecular flexibility index (Phi) is 5.13. The van der Waals surface area contributed by atoms with Crippen LogP contribution in [-0.2, 0) is 4.79 Å². The third-order valence-corrected chi connectivity index (χ3v) is 4.81. The highest BCUT2D eigenvalue weighted by Crippen LogP contribution is 2.29. The molecule has 0 saturated carbocycles. The minimum absolute atomic E-state index is 0.0224. The van der Waals surface area contributed by atoms with E-state index < -0.39 is 12.1 Å². The van der Waals surface area contributed by atoms with Gasteiger partial charge in [-0.1, -0.05) is 30.0 Å². The molecule has 2 aromatic carbocycles. The van der Waals surface area contributed by atoms with Crippen LogP contribution in [0.5, 0.6) is 0 Å². The molecular formula is C18H14F3N3O2S. The molecule has 1 heterocycles. The van der Waals surface area contributed by atoms with Crippen LogP contribution in [-0.4, -0.2) is 21.9 Å². The highest BCUT2D eigenvalue weighted by Gasteiger charge is 2.38. The lowest BCUT2D eigenvalue weighted by molar-refractivity contribution is -0.167. The number of alkyl halides is 3. The summed E-state index contributed by atoms with van der Waals surface area (Å²) in [7, 11) is 0. The molecular weight excluding hydrogens is 379 g/mol. The van der Waals surface area contributed by atoms with Gasteiger partial charge in [0.2, 0.25) is 0 Å². The van der Waals surface area contributed by atoms with Crippen LogP contribution in [0.1, 0.15) is 5.69 Å². The Hall–Kier alpha value is -2.94. The number of carbonyl (C=O) groups is 1. The molecule has 3 aromatic rings. The average Bonchev–Trinajstić information content (AvgIpc) is 2.91. The average molecular weight is 393 g/mol. The quantitative estimate of drug-likeness (QED) is 0.701. The molecule has 140 valence electrons. The second kappa shape index (κ2) is 7.36. The molecule has 0 aliphatic carbocycles. The predicted molar refractivity (Wildman–Crippen MR) is 96.4 cm³/mol. The topological polar surface area (TPSA) is 66.9 Å².